The molecule has 0 radical (unpaired) electrons. The van der Waals surface area contributed by atoms with Crippen LogP contribution in [0.3, 0.4) is 0 Å². The van der Waals surface area contributed by atoms with Gasteiger partial charge in [-0.05, 0) is 24.1 Å². The van der Waals surface area contributed by atoms with Gasteiger partial charge < -0.3 is 14.7 Å². The molecule has 0 unspecified atom stereocenters. The molecule has 0 bridgehead atoms. The predicted molar refractivity (Wildman–Crippen MR) is 71.4 cm³/mol. The molecule has 0 aromatic heterocycles. The Balaban J connectivity index is 2.88. The van der Waals surface area contributed by atoms with E-state index in [-0.39, 0.29) is 6.61 Å². The first kappa shape index (κ1) is 13.7. The minimum absolute atomic E-state index is 0.0840. The van der Waals surface area contributed by atoms with E-state index in [4.69, 9.17) is 9.84 Å². The Labute approximate surface area is 103 Å². The summed E-state index contributed by atoms with van der Waals surface area (Å²) in [6.45, 7) is 8.23. The van der Waals surface area contributed by atoms with Crippen molar-refractivity contribution in [2.75, 3.05) is 31.7 Å². The number of hydrogen-bond acceptors (Lipinski definition) is 3. The molecule has 1 aromatic rings. The summed E-state index contributed by atoms with van der Waals surface area (Å²) < 4.78 is 5.11. The van der Waals surface area contributed by atoms with Crippen LogP contribution in [0.5, 0.6) is 0 Å². The van der Waals surface area contributed by atoms with E-state index in [1.54, 1.807) is 7.11 Å². The first-order chi connectivity index (χ1) is 8.22. The summed E-state index contributed by atoms with van der Waals surface area (Å²) in [4.78, 5) is 2.22. The Morgan fingerprint density at radius 1 is 1.47 bits per heavy atom. The number of hydrogen-bond donors (Lipinski definition) is 1. The van der Waals surface area contributed by atoms with Crippen molar-refractivity contribution in [3.8, 4) is 0 Å². The normalized spacial score (nSPS) is 10.3. The Hall–Kier alpha value is -1.32. The lowest BCUT2D eigenvalue weighted by Gasteiger charge is -2.25. The second kappa shape index (κ2) is 7.09. The molecule has 1 rings (SSSR count). The van der Waals surface area contributed by atoms with E-state index in [1.807, 2.05) is 24.3 Å². The molecule has 0 spiro atoms. The first-order valence-electron chi connectivity index (χ1n) is 5.78. The van der Waals surface area contributed by atoms with Crippen molar-refractivity contribution in [1.29, 1.82) is 0 Å². The maximum atomic E-state index is 9.09. The number of aryl methyl sites for hydroxylation is 1. The number of nitrogens with zero attached hydrogens (tertiary/aromatic N) is 1. The zero-order chi connectivity index (χ0) is 12.7. The highest BCUT2D eigenvalue weighted by molar-refractivity contribution is 5.54. The Morgan fingerprint density at radius 3 is 2.76 bits per heavy atom. The molecule has 0 aliphatic carbocycles. The molecule has 1 N–H and O–H groups in total. The summed E-state index contributed by atoms with van der Waals surface area (Å²) in [6, 6.07) is 6.00. The van der Waals surface area contributed by atoms with Gasteiger partial charge in [0.2, 0.25) is 0 Å². The Bertz CT molecular complexity index is 363. The molecule has 3 nitrogen and oxygen atoms in total. The van der Waals surface area contributed by atoms with E-state index >= 15 is 0 Å². The largest absolute Gasteiger partial charge is 0.392 e. The van der Waals surface area contributed by atoms with E-state index in [0.717, 1.165) is 24.2 Å². The van der Waals surface area contributed by atoms with Crippen LogP contribution in [0, 0.1) is 6.92 Å². The lowest BCUT2D eigenvalue weighted by atomic mass is 10.1. The van der Waals surface area contributed by atoms with Gasteiger partial charge in [-0.15, -0.1) is 6.58 Å². The number of aliphatic hydroxyl groups excluding tert-OH is 1. The van der Waals surface area contributed by atoms with Gasteiger partial charge in [0, 0.05) is 25.9 Å². The minimum Gasteiger partial charge on any atom is -0.392 e. The minimum atomic E-state index is 0.0840. The smallest absolute Gasteiger partial charge is 0.0681 e. The maximum Gasteiger partial charge on any atom is 0.0681 e. The molecular formula is C14H21NO2. The van der Waals surface area contributed by atoms with Crippen LogP contribution in [0.15, 0.2) is 30.9 Å². The quantitative estimate of drug-likeness (QED) is 0.735. The van der Waals surface area contributed by atoms with Gasteiger partial charge in [-0.25, -0.2) is 0 Å². The maximum absolute atomic E-state index is 9.09. The van der Waals surface area contributed by atoms with Crippen LogP contribution in [0.2, 0.25) is 0 Å². The molecular weight excluding hydrogens is 214 g/mol. The first-order valence-corrected chi connectivity index (χ1v) is 5.78. The summed E-state index contributed by atoms with van der Waals surface area (Å²) in [5, 5.41) is 9.09. The third-order valence-electron chi connectivity index (χ3n) is 2.70. The van der Waals surface area contributed by atoms with Gasteiger partial charge in [-0.1, -0.05) is 18.2 Å². The van der Waals surface area contributed by atoms with Crippen molar-refractivity contribution in [3.05, 3.63) is 42.0 Å². The van der Waals surface area contributed by atoms with Crippen LogP contribution in [-0.2, 0) is 11.3 Å². The van der Waals surface area contributed by atoms with Gasteiger partial charge in [-0.2, -0.15) is 0 Å². The van der Waals surface area contributed by atoms with Crippen LogP contribution in [0.4, 0.5) is 5.69 Å². The molecule has 0 aliphatic heterocycles. The Morgan fingerprint density at radius 2 is 2.24 bits per heavy atom. The summed E-state index contributed by atoms with van der Waals surface area (Å²) in [5.74, 6) is 0. The fourth-order valence-electron chi connectivity index (χ4n) is 1.84. The van der Waals surface area contributed by atoms with Gasteiger partial charge in [0.1, 0.15) is 0 Å². The molecule has 94 valence electrons. The predicted octanol–water partition coefficient (Wildman–Crippen LogP) is 2.13. The van der Waals surface area contributed by atoms with Crippen molar-refractivity contribution in [2.24, 2.45) is 0 Å². The number of anilines is 1. The Kier molecular flexibility index (Phi) is 5.73. The highest BCUT2D eigenvalue weighted by Gasteiger charge is 2.07. The van der Waals surface area contributed by atoms with Gasteiger partial charge in [0.25, 0.3) is 0 Å². The average molecular weight is 235 g/mol. The zero-order valence-electron chi connectivity index (χ0n) is 10.6. The van der Waals surface area contributed by atoms with Crippen molar-refractivity contribution in [3.63, 3.8) is 0 Å². The standard InChI is InChI=1S/C14H21NO2/c1-4-7-15(8-9-17-3)14-6-5-13(11-16)10-12(14)2/h4-6,10,16H,1,7-9,11H2,2-3H3. The van der Waals surface area contributed by atoms with Crippen LogP contribution >= 0.6 is 0 Å². The van der Waals surface area contributed by atoms with Crippen LogP contribution < -0.4 is 4.90 Å². The fourth-order valence-corrected chi connectivity index (χ4v) is 1.84. The van der Waals surface area contributed by atoms with Crippen molar-refractivity contribution in [1.82, 2.24) is 0 Å². The lowest BCUT2D eigenvalue weighted by Crippen LogP contribution is -2.27. The molecule has 0 atom stereocenters. The number of aliphatic hydroxyl groups is 1. The molecule has 0 saturated carbocycles. The summed E-state index contributed by atoms with van der Waals surface area (Å²) in [6.07, 6.45) is 1.88. The van der Waals surface area contributed by atoms with Crippen molar-refractivity contribution < 1.29 is 9.84 Å². The van der Waals surface area contributed by atoms with Gasteiger partial charge >= 0.3 is 0 Å². The second-order valence-corrected chi connectivity index (χ2v) is 4.01. The summed E-state index contributed by atoms with van der Waals surface area (Å²) in [5.41, 5.74) is 3.27. The fraction of sp³-hybridized carbons (Fsp3) is 0.429. The topological polar surface area (TPSA) is 32.7 Å². The third kappa shape index (κ3) is 3.88. The average Bonchev–Trinajstić information content (AvgIpc) is 2.34. The number of rotatable bonds is 7. The van der Waals surface area contributed by atoms with Crippen molar-refractivity contribution in [2.45, 2.75) is 13.5 Å². The highest BCUT2D eigenvalue weighted by Crippen LogP contribution is 2.21. The van der Waals surface area contributed by atoms with E-state index in [9.17, 15) is 0 Å². The van der Waals surface area contributed by atoms with Crippen LogP contribution in [0.25, 0.3) is 0 Å². The van der Waals surface area contributed by atoms with E-state index < -0.39 is 0 Å². The van der Waals surface area contributed by atoms with E-state index in [0.29, 0.717) is 6.61 Å². The number of ether oxygens (including phenoxy) is 1. The second-order valence-electron chi connectivity index (χ2n) is 4.01. The van der Waals surface area contributed by atoms with Gasteiger partial charge in [0.15, 0.2) is 0 Å². The SMILES string of the molecule is C=CCN(CCOC)c1ccc(CO)cc1C. The number of methoxy groups -OCH3 is 1. The number of benzene rings is 1. The molecule has 17 heavy (non-hydrogen) atoms. The van der Waals surface area contributed by atoms with Crippen LogP contribution in [-0.4, -0.2) is 31.9 Å². The molecule has 0 aliphatic rings. The zero-order valence-corrected chi connectivity index (χ0v) is 10.6. The molecule has 3 heteroatoms. The molecule has 1 aromatic carbocycles. The molecule has 0 heterocycles. The van der Waals surface area contributed by atoms with E-state index in [1.165, 1.54) is 5.69 Å². The monoisotopic (exact) mass is 235 g/mol. The highest BCUT2D eigenvalue weighted by atomic mass is 16.5. The van der Waals surface area contributed by atoms with Crippen LogP contribution in [0.1, 0.15) is 11.1 Å². The molecule has 0 fully saturated rings. The van der Waals surface area contributed by atoms with Gasteiger partial charge in [0.05, 0.1) is 13.2 Å². The van der Waals surface area contributed by atoms with E-state index in [2.05, 4.69) is 18.4 Å². The molecule has 0 saturated heterocycles. The van der Waals surface area contributed by atoms with Gasteiger partial charge in [-0.3, -0.25) is 0 Å². The summed E-state index contributed by atoms with van der Waals surface area (Å²) in [7, 11) is 1.70. The summed E-state index contributed by atoms with van der Waals surface area (Å²) >= 11 is 0. The lowest BCUT2D eigenvalue weighted by molar-refractivity contribution is 0.205. The molecule has 0 amide bonds. The third-order valence-corrected chi connectivity index (χ3v) is 2.70. The van der Waals surface area contributed by atoms with Crippen molar-refractivity contribution >= 4 is 5.69 Å².